The Morgan fingerprint density at radius 3 is 1.67 bits per heavy atom. The summed E-state index contributed by atoms with van der Waals surface area (Å²) < 4.78 is 121. The molecule has 2 aromatic carbocycles. The molecule has 1 nitrogen and oxygen atoms in total. The van der Waals surface area contributed by atoms with E-state index in [1.54, 1.807) is 0 Å². The Morgan fingerprint density at radius 1 is 0.641 bits per heavy atom. The van der Waals surface area contributed by atoms with Gasteiger partial charge in [-0.2, -0.15) is 39.5 Å². The minimum Gasteiger partial charge on any atom is -0.428 e. The Kier molecular flexibility index (Phi) is 9.92. The summed E-state index contributed by atoms with van der Waals surface area (Å²) in [7, 11) is 0. The Morgan fingerprint density at radius 2 is 1.15 bits per heavy atom. The lowest BCUT2D eigenvalue weighted by molar-refractivity contribution is -0.428. The van der Waals surface area contributed by atoms with Gasteiger partial charge < -0.3 is 4.74 Å². The first-order valence-corrected chi connectivity index (χ1v) is 13.3. The fourth-order valence-corrected chi connectivity index (χ4v) is 5.06. The average molecular weight is 569 g/mol. The van der Waals surface area contributed by atoms with Crippen molar-refractivity contribution in [2.24, 2.45) is 5.92 Å². The molecular formula is C29H33F9O. The number of halogens is 9. The van der Waals surface area contributed by atoms with E-state index in [0.717, 1.165) is 30.9 Å². The number of rotatable bonds is 12. The van der Waals surface area contributed by atoms with Crippen LogP contribution in [0.1, 0.15) is 82.6 Å². The van der Waals surface area contributed by atoms with Gasteiger partial charge in [0.15, 0.2) is 0 Å². The Bertz CT molecular complexity index is 1020. The zero-order valence-electron chi connectivity index (χ0n) is 21.7. The van der Waals surface area contributed by atoms with Crippen molar-refractivity contribution in [3.8, 4) is 16.9 Å². The normalized spacial score (nSPS) is 19.2. The first-order valence-electron chi connectivity index (χ1n) is 13.3. The third kappa shape index (κ3) is 7.23. The highest BCUT2D eigenvalue weighted by Gasteiger charge is 2.83. The molecule has 0 aromatic heterocycles. The predicted octanol–water partition coefficient (Wildman–Crippen LogP) is 10.8. The standard InChI is InChI=1S/C29H33F9O/c1-2-3-4-5-6-7-20-8-10-21(11-9-20)22-12-14-23(15-13-22)24-16-18-25(19-17-24)39-29(37,38)27(32,33)26(30,31)28(34,35)36/h12-21H,2-11H2,1H3. The van der Waals surface area contributed by atoms with E-state index < -0.39 is 29.9 Å². The van der Waals surface area contributed by atoms with Gasteiger partial charge in [0.25, 0.3) is 0 Å². The van der Waals surface area contributed by atoms with Crippen LogP contribution in [0.4, 0.5) is 39.5 Å². The van der Waals surface area contributed by atoms with Gasteiger partial charge in [0.05, 0.1) is 0 Å². The summed E-state index contributed by atoms with van der Waals surface area (Å²) in [6.07, 6.45) is -0.713. The van der Waals surface area contributed by atoms with E-state index in [0.29, 0.717) is 17.0 Å². The Labute approximate surface area is 222 Å². The number of hydrogen-bond donors (Lipinski definition) is 0. The van der Waals surface area contributed by atoms with Gasteiger partial charge in [0.2, 0.25) is 0 Å². The monoisotopic (exact) mass is 568 g/mol. The second-order valence-corrected chi connectivity index (χ2v) is 10.3. The number of ether oxygens (including phenoxy) is 1. The van der Waals surface area contributed by atoms with Crippen LogP contribution in [-0.2, 0) is 0 Å². The fraction of sp³-hybridized carbons (Fsp3) is 0.586. The third-order valence-corrected chi connectivity index (χ3v) is 7.49. The summed E-state index contributed by atoms with van der Waals surface area (Å²) in [6.45, 7) is 2.21. The van der Waals surface area contributed by atoms with E-state index in [1.165, 1.54) is 69.1 Å². The first-order chi connectivity index (χ1) is 18.2. The number of alkyl halides is 9. The Balaban J connectivity index is 1.57. The van der Waals surface area contributed by atoms with Crippen molar-refractivity contribution in [1.29, 1.82) is 0 Å². The van der Waals surface area contributed by atoms with Crippen molar-refractivity contribution < 1.29 is 44.3 Å². The van der Waals surface area contributed by atoms with Gasteiger partial charge in [-0.1, -0.05) is 81.8 Å². The molecule has 0 heterocycles. The molecule has 1 aliphatic carbocycles. The van der Waals surface area contributed by atoms with Crippen LogP contribution in [0.3, 0.4) is 0 Å². The molecule has 0 bridgehead atoms. The van der Waals surface area contributed by atoms with Gasteiger partial charge in [-0.25, -0.2) is 0 Å². The highest BCUT2D eigenvalue weighted by molar-refractivity contribution is 5.64. The van der Waals surface area contributed by atoms with Crippen LogP contribution in [0.15, 0.2) is 48.5 Å². The van der Waals surface area contributed by atoms with Crippen molar-refractivity contribution in [1.82, 2.24) is 0 Å². The van der Waals surface area contributed by atoms with Crippen molar-refractivity contribution in [3.05, 3.63) is 54.1 Å². The molecule has 2 aromatic rings. The Hall–Kier alpha value is -2.39. The summed E-state index contributed by atoms with van der Waals surface area (Å²) >= 11 is 0. The van der Waals surface area contributed by atoms with Gasteiger partial charge in [0, 0.05) is 0 Å². The molecule has 3 rings (SSSR count). The van der Waals surface area contributed by atoms with E-state index in [4.69, 9.17) is 0 Å². The summed E-state index contributed by atoms with van der Waals surface area (Å²) in [4.78, 5) is 0. The maximum Gasteiger partial charge on any atom is 0.471 e. The van der Waals surface area contributed by atoms with Crippen LogP contribution in [0, 0.1) is 5.92 Å². The van der Waals surface area contributed by atoms with E-state index >= 15 is 0 Å². The molecule has 0 amide bonds. The lowest BCUT2D eigenvalue weighted by atomic mass is 9.77. The van der Waals surface area contributed by atoms with Crippen molar-refractivity contribution in [3.63, 3.8) is 0 Å². The van der Waals surface area contributed by atoms with Crippen LogP contribution < -0.4 is 4.74 Å². The van der Waals surface area contributed by atoms with Gasteiger partial charge in [0.1, 0.15) is 5.75 Å². The van der Waals surface area contributed by atoms with Crippen molar-refractivity contribution in [2.45, 2.75) is 101 Å². The molecule has 0 radical (unpaired) electrons. The van der Waals surface area contributed by atoms with Gasteiger partial charge in [-0.3, -0.25) is 0 Å². The molecule has 10 heteroatoms. The summed E-state index contributed by atoms with van der Waals surface area (Å²) in [6, 6.07) is 11.7. The summed E-state index contributed by atoms with van der Waals surface area (Å²) in [5, 5.41) is 0. The molecule has 0 aliphatic heterocycles. The molecule has 1 aliphatic rings. The fourth-order valence-electron chi connectivity index (χ4n) is 5.06. The molecule has 0 N–H and O–H groups in total. The summed E-state index contributed by atoms with van der Waals surface area (Å²) in [5.41, 5.74) is 2.37. The molecule has 1 saturated carbocycles. The predicted molar refractivity (Wildman–Crippen MR) is 131 cm³/mol. The minimum absolute atomic E-state index is 0.449. The van der Waals surface area contributed by atoms with E-state index in [-0.39, 0.29) is 0 Å². The van der Waals surface area contributed by atoms with Crippen LogP contribution in [0.5, 0.6) is 5.75 Å². The van der Waals surface area contributed by atoms with Crippen LogP contribution >= 0.6 is 0 Å². The second kappa shape index (κ2) is 12.4. The molecular weight excluding hydrogens is 535 g/mol. The van der Waals surface area contributed by atoms with Gasteiger partial charge in [-0.05, 0) is 66.3 Å². The molecule has 0 unspecified atom stereocenters. The third-order valence-electron chi connectivity index (χ3n) is 7.49. The minimum atomic E-state index is -7.00. The first kappa shape index (κ1) is 31.1. The van der Waals surface area contributed by atoms with E-state index in [1.807, 2.05) is 24.3 Å². The number of benzene rings is 2. The molecule has 1 fully saturated rings. The lowest BCUT2D eigenvalue weighted by Gasteiger charge is -2.33. The average Bonchev–Trinajstić information content (AvgIpc) is 2.88. The maximum absolute atomic E-state index is 13.7. The topological polar surface area (TPSA) is 9.23 Å². The van der Waals surface area contributed by atoms with Crippen LogP contribution in [0.25, 0.3) is 11.1 Å². The molecule has 218 valence electrons. The van der Waals surface area contributed by atoms with Crippen molar-refractivity contribution in [2.75, 3.05) is 0 Å². The molecule has 0 spiro atoms. The smallest absolute Gasteiger partial charge is 0.428 e. The highest BCUT2D eigenvalue weighted by atomic mass is 19.4. The zero-order valence-corrected chi connectivity index (χ0v) is 21.7. The molecule has 39 heavy (non-hydrogen) atoms. The van der Waals surface area contributed by atoms with Gasteiger partial charge >= 0.3 is 24.1 Å². The lowest BCUT2D eigenvalue weighted by Crippen LogP contribution is -2.62. The van der Waals surface area contributed by atoms with Gasteiger partial charge in [-0.15, -0.1) is 0 Å². The van der Waals surface area contributed by atoms with Crippen molar-refractivity contribution >= 4 is 0 Å². The van der Waals surface area contributed by atoms with Crippen LogP contribution in [-0.4, -0.2) is 24.1 Å². The zero-order chi connectivity index (χ0) is 28.9. The SMILES string of the molecule is CCCCCCCC1CCC(c2ccc(-c3ccc(OC(F)(F)C(F)(F)C(F)(F)C(F)(F)F)cc3)cc2)CC1. The largest absolute Gasteiger partial charge is 0.471 e. The molecule has 0 saturated heterocycles. The van der Waals surface area contributed by atoms with E-state index in [9.17, 15) is 39.5 Å². The quantitative estimate of drug-likeness (QED) is 0.183. The highest BCUT2D eigenvalue weighted by Crippen LogP contribution is 2.53. The number of unbranched alkanes of at least 4 members (excludes halogenated alkanes) is 4. The maximum atomic E-state index is 13.7. The van der Waals surface area contributed by atoms with Crippen LogP contribution in [0.2, 0.25) is 0 Å². The van der Waals surface area contributed by atoms with E-state index in [2.05, 4.69) is 11.7 Å². The molecule has 0 atom stereocenters. The number of hydrogen-bond acceptors (Lipinski definition) is 1. The second-order valence-electron chi connectivity index (χ2n) is 10.3. The summed E-state index contributed by atoms with van der Waals surface area (Å²) in [5.74, 6) is -13.6.